The average Bonchev–Trinajstić information content (AvgIpc) is 2.22. The van der Waals surface area contributed by atoms with Gasteiger partial charge in [0.15, 0.2) is 23.3 Å². The van der Waals surface area contributed by atoms with Gasteiger partial charge in [-0.25, -0.2) is 26.3 Å². The first-order valence-corrected chi connectivity index (χ1v) is 3.81. The van der Waals surface area contributed by atoms with Crippen LogP contribution in [-0.2, 0) is 0 Å². The first-order valence-electron chi connectivity index (χ1n) is 3.81. The summed E-state index contributed by atoms with van der Waals surface area (Å²) in [6, 6.07) is 0. The Hall–Kier alpha value is -1.41. The maximum absolute atomic E-state index is 12.7. The van der Waals surface area contributed by atoms with Gasteiger partial charge in [0.05, 0.1) is 5.56 Å². The van der Waals surface area contributed by atoms with Crippen LogP contribution >= 0.6 is 0 Å². The third-order valence-electron chi connectivity index (χ3n) is 1.78. The van der Waals surface area contributed by atoms with Crippen LogP contribution < -0.4 is 0 Å². The zero-order valence-electron chi connectivity index (χ0n) is 7.48. The second kappa shape index (κ2) is 4.11. The van der Waals surface area contributed by atoms with E-state index < -0.39 is 47.0 Å². The summed E-state index contributed by atoms with van der Waals surface area (Å²) in [5.74, 6) is -13.6. The van der Waals surface area contributed by atoms with E-state index in [0.717, 1.165) is 0 Å². The number of benzene rings is 1. The quantitative estimate of drug-likeness (QED) is 0.411. The maximum atomic E-state index is 12.7. The molecule has 0 heterocycles. The lowest BCUT2D eigenvalue weighted by Crippen LogP contribution is -2.21. The molecule has 0 aliphatic heterocycles. The molecule has 96 valence electrons. The van der Waals surface area contributed by atoms with Gasteiger partial charge in [0.2, 0.25) is 12.0 Å². The maximum Gasteiger partial charge on any atom is 0.424 e. The second-order valence-electron chi connectivity index (χ2n) is 2.89. The van der Waals surface area contributed by atoms with Crippen molar-refractivity contribution in [1.29, 1.82) is 0 Å². The van der Waals surface area contributed by atoms with Crippen molar-refractivity contribution in [2.75, 3.05) is 0 Å². The summed E-state index contributed by atoms with van der Waals surface area (Å²) >= 11 is 0. The van der Waals surface area contributed by atoms with Crippen LogP contribution in [0, 0.1) is 29.1 Å². The summed E-state index contributed by atoms with van der Waals surface area (Å²) in [4.78, 5) is 0. The summed E-state index contributed by atoms with van der Waals surface area (Å²) in [6.07, 6.45) is -10.1. The molecule has 1 unspecified atom stereocenters. The minimum Gasteiger partial charge on any atom is -0.232 e. The van der Waals surface area contributed by atoms with Gasteiger partial charge in [0, 0.05) is 0 Å². The largest absolute Gasteiger partial charge is 0.424 e. The molecule has 0 saturated carbocycles. The van der Waals surface area contributed by atoms with E-state index in [-0.39, 0.29) is 0 Å². The first kappa shape index (κ1) is 13.7. The van der Waals surface area contributed by atoms with Crippen LogP contribution in [0.25, 0.3) is 0 Å². The summed E-state index contributed by atoms with van der Waals surface area (Å²) in [7, 11) is 0. The van der Waals surface area contributed by atoms with Crippen molar-refractivity contribution in [1.82, 2.24) is 0 Å². The van der Waals surface area contributed by atoms with Crippen LogP contribution in [0.4, 0.5) is 39.5 Å². The van der Waals surface area contributed by atoms with Gasteiger partial charge < -0.3 is 0 Å². The van der Waals surface area contributed by atoms with Crippen molar-refractivity contribution < 1.29 is 39.5 Å². The third-order valence-corrected chi connectivity index (χ3v) is 1.78. The Bertz CT molecular complexity index is 418. The Morgan fingerprint density at radius 1 is 0.647 bits per heavy atom. The van der Waals surface area contributed by atoms with Gasteiger partial charge in [-0.2, -0.15) is 13.2 Å². The number of halogens is 9. The molecule has 0 spiro atoms. The van der Waals surface area contributed by atoms with Crippen molar-refractivity contribution in [2.45, 2.75) is 12.3 Å². The second-order valence-corrected chi connectivity index (χ2v) is 2.89. The van der Waals surface area contributed by atoms with Crippen LogP contribution in [0.2, 0.25) is 0 Å². The van der Waals surface area contributed by atoms with Crippen LogP contribution in [0.15, 0.2) is 0 Å². The molecule has 0 nitrogen and oxygen atoms in total. The fraction of sp³-hybridized carbons (Fsp3) is 0.250. The highest BCUT2D eigenvalue weighted by molar-refractivity contribution is 5.27. The van der Waals surface area contributed by atoms with Crippen molar-refractivity contribution in [3.05, 3.63) is 34.6 Å². The highest BCUT2D eigenvalue weighted by Crippen LogP contribution is 2.39. The monoisotopic (exact) mass is 268 g/mol. The number of rotatable bonds is 1. The van der Waals surface area contributed by atoms with Gasteiger partial charge in [-0.3, -0.25) is 0 Å². The molecule has 0 aliphatic rings. The van der Waals surface area contributed by atoms with Gasteiger partial charge in [0.25, 0.3) is 0 Å². The smallest absolute Gasteiger partial charge is 0.232 e. The van der Waals surface area contributed by atoms with Crippen LogP contribution in [-0.4, -0.2) is 6.18 Å². The molecule has 1 atom stereocenters. The lowest BCUT2D eigenvalue weighted by atomic mass is 10.1. The molecule has 0 aliphatic carbocycles. The topological polar surface area (TPSA) is 0 Å². The standard InChI is InChI=1S/C8HF9/c9-2-1(7(14)8(15,16)17)3(10)5(12)6(13)4(2)11/h7H. The Labute approximate surface area is 87.7 Å². The van der Waals surface area contributed by atoms with Crippen LogP contribution in [0.1, 0.15) is 11.7 Å². The highest BCUT2D eigenvalue weighted by atomic mass is 19.4. The third kappa shape index (κ3) is 2.18. The SMILES string of the molecule is Fc1c(F)c(F)c(C(F)C(F)(F)F)c(F)c1F. The summed E-state index contributed by atoms with van der Waals surface area (Å²) in [5.41, 5.74) is -2.55. The molecule has 0 N–H and O–H groups in total. The molecule has 0 saturated heterocycles. The van der Waals surface area contributed by atoms with Crippen molar-refractivity contribution in [3.8, 4) is 0 Å². The number of hydrogen-bond donors (Lipinski definition) is 0. The number of hydrogen-bond acceptors (Lipinski definition) is 0. The van der Waals surface area contributed by atoms with E-state index in [4.69, 9.17) is 0 Å². The van der Waals surface area contributed by atoms with Gasteiger partial charge in [-0.15, -0.1) is 0 Å². The Morgan fingerprint density at radius 2 is 0.941 bits per heavy atom. The Kier molecular flexibility index (Phi) is 3.30. The Morgan fingerprint density at radius 3 is 1.24 bits per heavy atom. The predicted octanol–water partition coefficient (Wildman–Crippen LogP) is 3.96. The molecule has 9 heteroatoms. The fourth-order valence-electron chi connectivity index (χ4n) is 1.01. The molecule has 0 fully saturated rings. The molecule has 0 amide bonds. The van der Waals surface area contributed by atoms with E-state index in [1.54, 1.807) is 0 Å². The summed E-state index contributed by atoms with van der Waals surface area (Å²) in [6.45, 7) is 0. The first-order chi connectivity index (χ1) is 7.59. The van der Waals surface area contributed by atoms with E-state index in [0.29, 0.717) is 0 Å². The Balaban J connectivity index is 3.55. The lowest BCUT2D eigenvalue weighted by molar-refractivity contribution is -0.184. The van der Waals surface area contributed by atoms with Crippen LogP contribution in [0.5, 0.6) is 0 Å². The fourth-order valence-corrected chi connectivity index (χ4v) is 1.01. The highest BCUT2D eigenvalue weighted by Gasteiger charge is 2.46. The van der Waals surface area contributed by atoms with Gasteiger partial charge in [0.1, 0.15) is 0 Å². The van der Waals surface area contributed by atoms with E-state index in [9.17, 15) is 39.5 Å². The summed E-state index contributed by atoms with van der Waals surface area (Å²) in [5, 5.41) is 0. The summed E-state index contributed by atoms with van der Waals surface area (Å²) < 4.78 is 111. The van der Waals surface area contributed by atoms with E-state index in [1.807, 2.05) is 0 Å². The van der Waals surface area contributed by atoms with E-state index in [1.165, 1.54) is 0 Å². The van der Waals surface area contributed by atoms with Crippen molar-refractivity contribution in [3.63, 3.8) is 0 Å². The van der Waals surface area contributed by atoms with Gasteiger partial charge >= 0.3 is 6.18 Å². The lowest BCUT2D eigenvalue weighted by Gasteiger charge is -2.15. The zero-order chi connectivity index (χ0) is 13.5. The molecule has 0 bridgehead atoms. The average molecular weight is 268 g/mol. The van der Waals surface area contributed by atoms with Gasteiger partial charge in [-0.1, -0.05) is 0 Å². The minimum atomic E-state index is -5.78. The molecule has 17 heavy (non-hydrogen) atoms. The molecule has 0 radical (unpaired) electrons. The van der Waals surface area contributed by atoms with Crippen molar-refractivity contribution in [2.24, 2.45) is 0 Å². The zero-order valence-corrected chi connectivity index (χ0v) is 7.48. The van der Waals surface area contributed by atoms with E-state index in [2.05, 4.69) is 0 Å². The number of alkyl halides is 4. The van der Waals surface area contributed by atoms with Crippen molar-refractivity contribution >= 4 is 0 Å². The molecular weight excluding hydrogens is 267 g/mol. The molecule has 1 aromatic rings. The van der Waals surface area contributed by atoms with E-state index >= 15 is 0 Å². The predicted molar refractivity (Wildman–Crippen MR) is 36.1 cm³/mol. The normalized spacial score (nSPS) is 13.9. The van der Waals surface area contributed by atoms with Crippen LogP contribution in [0.3, 0.4) is 0 Å². The molecule has 1 rings (SSSR count). The minimum absolute atomic E-state index is 2.55. The van der Waals surface area contributed by atoms with Gasteiger partial charge in [-0.05, 0) is 0 Å². The molecule has 0 aromatic heterocycles. The molecule has 1 aromatic carbocycles. The molecular formula is C8HF9.